The van der Waals surface area contributed by atoms with E-state index in [9.17, 15) is 0 Å². The van der Waals surface area contributed by atoms with Crippen molar-refractivity contribution in [2.45, 2.75) is 13.1 Å². The van der Waals surface area contributed by atoms with E-state index in [-0.39, 0.29) is 6.17 Å². The molecule has 0 saturated heterocycles. The smallest absolute Gasteiger partial charge is 0.0537 e. The zero-order chi connectivity index (χ0) is 7.15. The predicted molar refractivity (Wildman–Crippen MR) is 35.7 cm³/mol. The van der Waals surface area contributed by atoms with Gasteiger partial charge in [0.2, 0.25) is 0 Å². The Morgan fingerprint density at radius 2 is 1.38 bits per heavy atom. The van der Waals surface area contributed by atoms with Gasteiger partial charge in [0.1, 0.15) is 0 Å². The highest BCUT2D eigenvalue weighted by atomic mass is 15.2. The summed E-state index contributed by atoms with van der Waals surface area (Å²) in [4.78, 5) is 1.94. The van der Waals surface area contributed by atoms with E-state index in [4.69, 9.17) is 5.73 Å². The minimum atomic E-state index is 0.185. The van der Waals surface area contributed by atoms with Crippen molar-refractivity contribution in [3.05, 3.63) is 0 Å². The van der Waals surface area contributed by atoms with Gasteiger partial charge in [-0.1, -0.05) is 0 Å². The van der Waals surface area contributed by atoms with Crippen LogP contribution in [0.15, 0.2) is 0 Å². The Morgan fingerprint density at radius 3 is 1.38 bits per heavy atom. The van der Waals surface area contributed by atoms with Gasteiger partial charge < -0.3 is 5.73 Å². The van der Waals surface area contributed by atoms with Crippen LogP contribution in [-0.2, 0) is 0 Å². The van der Waals surface area contributed by atoms with E-state index in [0.717, 1.165) is 0 Å². The molecule has 1 unspecified atom stereocenters. The second-order valence-corrected chi connectivity index (χ2v) is 1.70. The average molecular weight is 120 g/mol. The Labute approximate surface area is 50.6 Å². The Kier molecular flexibility index (Phi) is 9.20. The van der Waals surface area contributed by atoms with E-state index in [1.54, 1.807) is 0 Å². The molecule has 0 aromatic heterocycles. The summed E-state index contributed by atoms with van der Waals surface area (Å²) >= 11 is 0. The Morgan fingerprint density at radius 1 is 1.25 bits per heavy atom. The molecule has 0 bridgehead atoms. The number of hydrazine groups is 1. The van der Waals surface area contributed by atoms with Crippen LogP contribution in [0.2, 0.25) is 0 Å². The topological polar surface area (TPSA) is 81.3 Å². The van der Waals surface area contributed by atoms with Gasteiger partial charge in [0, 0.05) is 0 Å². The fraction of sp³-hybridized carbons (Fsp3) is 1.00. The van der Waals surface area contributed by atoms with Crippen molar-refractivity contribution in [1.82, 2.24) is 4.90 Å². The highest BCUT2D eigenvalue weighted by Crippen LogP contribution is 1.75. The monoisotopic (exact) mass is 120 g/mol. The summed E-state index contributed by atoms with van der Waals surface area (Å²) in [7, 11) is 3.90. The molecule has 0 aliphatic heterocycles. The summed E-state index contributed by atoms with van der Waals surface area (Å²) in [5.74, 6) is 8.00. The fourth-order valence-electron chi connectivity index (χ4n) is 0. The van der Waals surface area contributed by atoms with Crippen LogP contribution in [0.4, 0.5) is 0 Å². The van der Waals surface area contributed by atoms with Gasteiger partial charge in [-0.2, -0.15) is 0 Å². The van der Waals surface area contributed by atoms with Crippen molar-refractivity contribution in [3.8, 4) is 0 Å². The van der Waals surface area contributed by atoms with Crippen molar-refractivity contribution >= 4 is 0 Å². The number of nitrogens with two attached hydrogens (primary N) is 3. The van der Waals surface area contributed by atoms with Gasteiger partial charge in [-0.05, 0) is 21.0 Å². The molecule has 0 saturated carbocycles. The molecule has 0 fully saturated rings. The van der Waals surface area contributed by atoms with Gasteiger partial charge in [-0.15, -0.1) is 0 Å². The molecule has 0 heterocycles. The average Bonchev–Trinajstić information content (AvgIpc) is 1.72. The van der Waals surface area contributed by atoms with E-state index in [0.29, 0.717) is 0 Å². The molecular weight excluding hydrogens is 104 g/mol. The van der Waals surface area contributed by atoms with Gasteiger partial charge in [0.15, 0.2) is 0 Å². The minimum Gasteiger partial charge on any atom is -0.316 e. The van der Waals surface area contributed by atoms with E-state index < -0.39 is 0 Å². The number of hydrogen-bond acceptors (Lipinski definition) is 4. The molecule has 0 radical (unpaired) electrons. The maximum atomic E-state index is 5.36. The first-order chi connectivity index (χ1) is 3.64. The molecule has 52 valence electrons. The summed E-state index contributed by atoms with van der Waals surface area (Å²) in [5, 5.41) is 0. The first-order valence-electron chi connectivity index (χ1n) is 2.40. The van der Waals surface area contributed by atoms with Crippen LogP contribution in [0, 0.1) is 0 Å². The first kappa shape index (κ1) is 10.8. The van der Waals surface area contributed by atoms with Gasteiger partial charge in [-0.3, -0.25) is 16.6 Å². The standard InChI is InChI=1S/C4H12N2.H4N2/c1-4(5)6(2)3;1-2/h4H,5H2,1-3H3;1-2H2. The molecule has 4 nitrogen and oxygen atoms in total. The van der Waals surface area contributed by atoms with Gasteiger partial charge >= 0.3 is 0 Å². The molecule has 0 amide bonds. The molecular formula is C4H16N4. The Bertz CT molecular complexity index is 29.0. The zero-order valence-electron chi connectivity index (χ0n) is 5.76. The van der Waals surface area contributed by atoms with Crippen LogP contribution in [0.5, 0.6) is 0 Å². The number of rotatable bonds is 1. The van der Waals surface area contributed by atoms with Crippen LogP contribution in [0.25, 0.3) is 0 Å². The summed E-state index contributed by atoms with van der Waals surface area (Å²) in [5.41, 5.74) is 5.36. The lowest BCUT2D eigenvalue weighted by Crippen LogP contribution is -2.32. The van der Waals surface area contributed by atoms with E-state index in [1.807, 2.05) is 25.9 Å². The molecule has 0 rings (SSSR count). The van der Waals surface area contributed by atoms with Gasteiger partial charge in [0.25, 0.3) is 0 Å². The summed E-state index contributed by atoms with van der Waals surface area (Å²) in [6.07, 6.45) is 0.185. The highest BCUT2D eigenvalue weighted by molar-refractivity contribution is 4.43. The molecule has 4 heteroatoms. The van der Waals surface area contributed by atoms with Crippen molar-refractivity contribution in [3.63, 3.8) is 0 Å². The molecule has 0 spiro atoms. The molecule has 6 N–H and O–H groups in total. The summed E-state index contributed by atoms with van der Waals surface area (Å²) in [6, 6.07) is 0. The third kappa shape index (κ3) is 9.28. The SMILES string of the molecule is CC(N)N(C)C.NN. The maximum absolute atomic E-state index is 5.36. The molecule has 0 aliphatic carbocycles. The number of nitrogens with zero attached hydrogens (tertiary/aromatic N) is 1. The predicted octanol–water partition coefficient (Wildman–Crippen LogP) is -1.33. The molecule has 0 aromatic carbocycles. The van der Waals surface area contributed by atoms with E-state index in [2.05, 4.69) is 11.7 Å². The maximum Gasteiger partial charge on any atom is 0.0537 e. The fourth-order valence-corrected chi connectivity index (χ4v) is 0. The third-order valence-electron chi connectivity index (χ3n) is 0.815. The number of hydrogen-bond donors (Lipinski definition) is 3. The van der Waals surface area contributed by atoms with Crippen LogP contribution < -0.4 is 17.4 Å². The quantitative estimate of drug-likeness (QED) is 0.227. The van der Waals surface area contributed by atoms with E-state index >= 15 is 0 Å². The second kappa shape index (κ2) is 6.84. The first-order valence-corrected chi connectivity index (χ1v) is 2.40. The van der Waals surface area contributed by atoms with Crippen molar-refractivity contribution in [2.24, 2.45) is 17.4 Å². The molecule has 8 heavy (non-hydrogen) atoms. The molecule has 0 aliphatic rings. The van der Waals surface area contributed by atoms with Crippen molar-refractivity contribution in [2.75, 3.05) is 14.1 Å². The molecule has 0 aromatic rings. The van der Waals surface area contributed by atoms with Gasteiger partial charge in [-0.25, -0.2) is 0 Å². The van der Waals surface area contributed by atoms with E-state index in [1.165, 1.54) is 0 Å². The zero-order valence-corrected chi connectivity index (χ0v) is 5.76. The summed E-state index contributed by atoms with van der Waals surface area (Å²) in [6.45, 7) is 1.94. The van der Waals surface area contributed by atoms with Gasteiger partial charge in [0.05, 0.1) is 6.17 Å². The largest absolute Gasteiger partial charge is 0.316 e. The lowest BCUT2D eigenvalue weighted by Gasteiger charge is -2.12. The van der Waals surface area contributed by atoms with Crippen LogP contribution in [0.3, 0.4) is 0 Å². The summed E-state index contributed by atoms with van der Waals surface area (Å²) < 4.78 is 0. The van der Waals surface area contributed by atoms with Crippen molar-refractivity contribution in [1.29, 1.82) is 0 Å². The Balaban J connectivity index is 0. The minimum absolute atomic E-state index is 0.185. The lowest BCUT2D eigenvalue weighted by atomic mass is 10.6. The third-order valence-corrected chi connectivity index (χ3v) is 0.815. The van der Waals surface area contributed by atoms with Crippen LogP contribution in [-0.4, -0.2) is 25.2 Å². The highest BCUT2D eigenvalue weighted by Gasteiger charge is 1.90. The lowest BCUT2D eigenvalue weighted by molar-refractivity contribution is 0.322. The van der Waals surface area contributed by atoms with Crippen molar-refractivity contribution < 1.29 is 0 Å². The molecule has 1 atom stereocenters. The van der Waals surface area contributed by atoms with Crippen LogP contribution in [0.1, 0.15) is 6.92 Å². The normalized spacial score (nSPS) is 12.4. The van der Waals surface area contributed by atoms with Crippen LogP contribution >= 0.6 is 0 Å². The second-order valence-electron chi connectivity index (χ2n) is 1.70. The Hall–Kier alpha value is -0.160.